The molecule has 17 nitrogen and oxygen atoms in total. The van der Waals surface area contributed by atoms with Crippen molar-refractivity contribution >= 4 is 56.3 Å². The number of quaternary nitrogens is 1. The number of phenols is 1. The number of Topliss-reactive ketones (excluding diaryl/α,β-unsaturated/α-hetero) is 1. The van der Waals surface area contributed by atoms with Gasteiger partial charge in [0.1, 0.15) is 53.6 Å². The van der Waals surface area contributed by atoms with E-state index in [0.29, 0.717) is 35.7 Å². The van der Waals surface area contributed by atoms with Gasteiger partial charge in [0.25, 0.3) is 5.91 Å². The van der Waals surface area contributed by atoms with Crippen LogP contribution in [0.4, 0.5) is 5.69 Å². The number of phenolic OH excluding ortho intramolecular Hbond substituents is 1. The van der Waals surface area contributed by atoms with E-state index < -0.39 is 76.8 Å². The van der Waals surface area contributed by atoms with Crippen molar-refractivity contribution in [3.05, 3.63) is 69.6 Å². The Morgan fingerprint density at radius 2 is 1.74 bits per heavy atom. The number of aromatic hydroxyl groups is 1. The van der Waals surface area contributed by atoms with Gasteiger partial charge in [-0.05, 0) is 40.2 Å². The minimum absolute atomic E-state index is 0.0158. The van der Waals surface area contributed by atoms with Gasteiger partial charge in [-0.15, -0.1) is 0 Å². The second kappa shape index (κ2) is 20.9. The van der Waals surface area contributed by atoms with Crippen molar-refractivity contribution in [3.63, 3.8) is 0 Å². The number of carbonyl (C=O) groups excluding carboxylic acids is 3. The number of unbranched alkanes of at least 4 members (excludes halogenated alkanes) is 1. The topological polar surface area (TPSA) is 222 Å². The monoisotopic (exact) mass is 958 g/mol. The van der Waals surface area contributed by atoms with Gasteiger partial charge in [0.15, 0.2) is 33.7 Å². The van der Waals surface area contributed by atoms with Crippen molar-refractivity contribution in [2.75, 3.05) is 53.3 Å². The Morgan fingerprint density at radius 3 is 2.38 bits per heavy atom. The summed E-state index contributed by atoms with van der Waals surface area (Å²) in [6.45, 7) is 16.5. The average Bonchev–Trinajstić information content (AvgIpc) is 3.71. The van der Waals surface area contributed by atoms with E-state index in [9.17, 15) is 34.5 Å². The predicted molar refractivity (Wildman–Crippen MR) is 261 cm³/mol. The van der Waals surface area contributed by atoms with E-state index in [1.165, 1.54) is 27.0 Å². The van der Waals surface area contributed by atoms with Gasteiger partial charge in [-0.2, -0.15) is 0 Å². The van der Waals surface area contributed by atoms with Gasteiger partial charge in [0, 0.05) is 60.4 Å². The van der Waals surface area contributed by atoms with E-state index >= 15 is 0 Å². The molecular weight excluding hydrogens is 891 g/mol. The second-order valence-electron chi connectivity index (χ2n) is 19.7. The minimum atomic E-state index is -1.34. The number of nitrogens with one attached hydrogen (secondary N) is 1. The number of aromatic nitrogens is 1. The molecule has 0 radical (unpaired) electrons. The van der Waals surface area contributed by atoms with Gasteiger partial charge < -0.3 is 58.0 Å². The third-order valence-corrected chi connectivity index (χ3v) is 12.9. The van der Waals surface area contributed by atoms with Crippen molar-refractivity contribution in [3.8, 4) is 23.0 Å². The molecule has 0 bridgehead atoms. The molecule has 4 aromatic rings. The van der Waals surface area contributed by atoms with Crippen molar-refractivity contribution < 1.29 is 67.0 Å². The molecule has 0 saturated carbocycles. The molecule has 8 atom stereocenters. The van der Waals surface area contributed by atoms with Gasteiger partial charge in [-0.1, -0.05) is 52.3 Å². The van der Waals surface area contributed by atoms with E-state index in [0.717, 1.165) is 19.1 Å². The largest absolute Gasteiger partial charge is 0.516 e. The van der Waals surface area contributed by atoms with E-state index in [1.807, 2.05) is 26.8 Å². The molecule has 69 heavy (non-hydrogen) atoms. The molecule has 1 saturated heterocycles. The zero-order valence-corrected chi connectivity index (χ0v) is 41.9. The maximum Gasteiger partial charge on any atom is 0.303 e. The van der Waals surface area contributed by atoms with Crippen LogP contribution in [0.1, 0.15) is 84.2 Å². The summed E-state index contributed by atoms with van der Waals surface area (Å²) < 4.78 is 43.4. The van der Waals surface area contributed by atoms with E-state index in [4.69, 9.17) is 37.8 Å². The number of methoxy groups -OCH3 is 1. The van der Waals surface area contributed by atoms with Crippen LogP contribution < -0.4 is 25.0 Å². The summed E-state index contributed by atoms with van der Waals surface area (Å²) in [5, 5.41) is 35.5. The van der Waals surface area contributed by atoms with Crippen LogP contribution in [-0.4, -0.2) is 127 Å². The number of amides is 1. The highest BCUT2D eigenvalue weighted by atomic mass is 16.6. The number of allylic oxidation sites excluding steroid dienone is 2. The fourth-order valence-corrected chi connectivity index (χ4v) is 8.88. The highest BCUT2D eigenvalue weighted by Gasteiger charge is 2.50. The Labute approximate surface area is 402 Å². The van der Waals surface area contributed by atoms with Gasteiger partial charge in [0.05, 0.1) is 63.3 Å². The van der Waals surface area contributed by atoms with Crippen LogP contribution in [0.3, 0.4) is 0 Å². The van der Waals surface area contributed by atoms with E-state index in [2.05, 4.69) is 26.5 Å². The van der Waals surface area contributed by atoms with E-state index in [1.54, 1.807) is 52.0 Å². The number of nitrogens with zero attached hydrogens (tertiary/aromatic N) is 2. The maximum absolute atomic E-state index is 14.3. The van der Waals surface area contributed by atoms with Crippen LogP contribution in [0.25, 0.3) is 33.0 Å². The highest BCUT2D eigenvalue weighted by Crippen LogP contribution is 2.49. The van der Waals surface area contributed by atoms with E-state index in [-0.39, 0.29) is 67.0 Å². The molecule has 2 aliphatic rings. The Morgan fingerprint density at radius 1 is 1.03 bits per heavy atom. The number of aliphatic hydroxyl groups excluding tert-OH is 2. The molecule has 4 N–H and O–H groups in total. The Kier molecular flexibility index (Phi) is 15.9. The number of hydrogen-bond acceptors (Lipinski definition) is 15. The summed E-state index contributed by atoms with van der Waals surface area (Å²) in [5.41, 5.74) is -1.50. The molecule has 1 fully saturated rings. The molecular formula is C52H68N3O14+. The van der Waals surface area contributed by atoms with Crippen molar-refractivity contribution in [1.82, 2.24) is 4.98 Å². The molecule has 0 aliphatic carbocycles. The number of fused-ring (bicyclic) bond motifs is 6. The molecule has 1 aromatic heterocycles. The fourth-order valence-electron chi connectivity index (χ4n) is 8.88. The standard InChI is InChI=1S/C52H67N3O14/c1-14-15-22-65-34-24-32(64-23-20-55(10,11)12)25-35-39(34)53-40-36-37(42(58)29(5)46-38(36)50(61)52(8,9)69-46)44(60)41(48(40)67-35)54-51(62)27(3)18-16-17-26(2)45-30(6)43(59)49(68-45)47(66-31(7)57)28(4)33(63-13)19-21-56/h16-19,21,24-26,28,30,33,43,45,47,49,59H,14-15,20,22-23H2,1-13H3,(H2-,53,54,56,58,60,61,62)/p+1/b17-16+,21-19+,27-18-/t26-,28+,30-,33-,43+,45-,47+,49+/m0/s1. The van der Waals surface area contributed by atoms with Gasteiger partial charge in [-0.25, -0.2) is 4.98 Å². The number of esters is 1. The highest BCUT2D eigenvalue weighted by molar-refractivity contribution is 6.26. The normalized spacial score (nSPS) is 21.2. The summed E-state index contributed by atoms with van der Waals surface area (Å²) in [6.07, 6.45) is 4.93. The number of ether oxygens (including phenoxy) is 6. The Bertz CT molecular complexity index is 2770. The second-order valence-corrected chi connectivity index (χ2v) is 19.7. The number of aliphatic hydroxyl groups is 2. The summed E-state index contributed by atoms with van der Waals surface area (Å²) in [5.74, 6) is -2.63. The third kappa shape index (κ3) is 10.8. The average molecular weight is 959 g/mol. The van der Waals surface area contributed by atoms with Crippen LogP contribution in [0.5, 0.6) is 23.0 Å². The molecule has 0 spiro atoms. The smallest absolute Gasteiger partial charge is 0.303 e. The lowest BCUT2D eigenvalue weighted by Crippen LogP contribution is -2.46. The SMILES string of the molecule is CCCCOc1cc(OCC[N+](C)(C)C)cc2oc3c(NC(=O)/C(C)=C\C=C\[C@H](C)[C@@H]4O[C@@H]([C@H](OC(C)=O)[C@H](C)[C@H](/C=C/O)OC)[C@H](O)[C@@H]4C)c(O)c4c(=O)c(C)c5c(c4c3nc12)C(=O)C(C)(C)O5. The molecule has 1 amide bonds. The Hall–Kier alpha value is -6.01. The van der Waals surface area contributed by atoms with Crippen LogP contribution in [0.2, 0.25) is 0 Å². The first-order valence-corrected chi connectivity index (χ1v) is 23.4. The number of anilines is 1. The molecule has 374 valence electrons. The number of rotatable bonds is 19. The third-order valence-electron chi connectivity index (χ3n) is 12.9. The van der Waals surface area contributed by atoms with Gasteiger partial charge in [0.2, 0.25) is 5.78 Å². The number of likely N-dealkylation sites (N-methyl/N-ethyl adjacent to an activating group) is 1. The van der Waals surface area contributed by atoms with Crippen molar-refractivity contribution in [2.45, 2.75) is 111 Å². The molecule has 3 aromatic carbocycles. The number of benzene rings is 3. The molecule has 17 heteroatoms. The number of ketones is 1. The lowest BCUT2D eigenvalue weighted by molar-refractivity contribution is -0.870. The molecule has 0 unspecified atom stereocenters. The van der Waals surface area contributed by atoms with Crippen LogP contribution in [0, 0.1) is 24.7 Å². The summed E-state index contributed by atoms with van der Waals surface area (Å²) in [6, 6.07) is 3.36. The summed E-state index contributed by atoms with van der Waals surface area (Å²) >= 11 is 0. The van der Waals surface area contributed by atoms with Crippen LogP contribution in [0.15, 0.2) is 57.5 Å². The minimum Gasteiger partial charge on any atom is -0.516 e. The van der Waals surface area contributed by atoms with Crippen molar-refractivity contribution in [2.24, 2.45) is 17.8 Å². The predicted octanol–water partition coefficient (Wildman–Crippen LogP) is 7.62. The molecule has 3 heterocycles. The van der Waals surface area contributed by atoms with Gasteiger partial charge in [-0.3, -0.25) is 19.2 Å². The quantitative estimate of drug-likeness (QED) is 0.00817. The number of hydrogen-bond donors (Lipinski definition) is 4. The molecule has 6 rings (SSSR count). The summed E-state index contributed by atoms with van der Waals surface area (Å²) in [4.78, 5) is 59.8. The van der Waals surface area contributed by atoms with Gasteiger partial charge >= 0.3 is 5.97 Å². The zero-order chi connectivity index (χ0) is 50.9. The first-order valence-electron chi connectivity index (χ1n) is 23.4. The number of carbonyl (C=O) groups is 3. The lowest BCUT2D eigenvalue weighted by atomic mass is 9.86. The first kappa shape index (κ1) is 52.4. The van der Waals surface area contributed by atoms with Crippen molar-refractivity contribution in [1.29, 1.82) is 0 Å². The maximum atomic E-state index is 14.3. The fraction of sp³-hybridized carbons (Fsp3) is 0.519. The zero-order valence-electron chi connectivity index (χ0n) is 41.9. The lowest BCUT2D eigenvalue weighted by Gasteiger charge is -2.33. The first-order chi connectivity index (χ1) is 32.5. The molecule has 2 aliphatic heterocycles. The van der Waals surface area contributed by atoms with Crippen LogP contribution in [-0.2, 0) is 23.8 Å². The summed E-state index contributed by atoms with van der Waals surface area (Å²) in [7, 11) is 7.61. The Balaban J connectivity index is 1.40. The van der Waals surface area contributed by atoms with Crippen LogP contribution >= 0.6 is 0 Å².